The van der Waals surface area contributed by atoms with Crippen LogP contribution >= 0.6 is 11.6 Å². The normalized spacial score (nSPS) is 11.4. The average molecular weight is 273 g/mol. The summed E-state index contributed by atoms with van der Waals surface area (Å²) < 4.78 is 13.5. The first-order valence-corrected chi connectivity index (χ1v) is 6.33. The number of rotatable bonds is 5. The SMILES string of the molecule is CCC(CC)(CN)C(=O)Nc1cc(Cl)ccc1F. The summed E-state index contributed by atoms with van der Waals surface area (Å²) in [6, 6.07) is 4.05. The maximum absolute atomic E-state index is 13.5. The fraction of sp³-hybridized carbons (Fsp3) is 0.462. The molecule has 1 aromatic carbocycles. The third kappa shape index (κ3) is 3.00. The molecule has 5 heteroatoms. The second kappa shape index (κ2) is 6.16. The van der Waals surface area contributed by atoms with Crippen LogP contribution in [0.4, 0.5) is 10.1 Å². The summed E-state index contributed by atoms with van der Waals surface area (Å²) in [4.78, 5) is 12.2. The minimum atomic E-state index is -0.658. The second-order valence-electron chi connectivity index (χ2n) is 4.27. The Kier molecular flexibility index (Phi) is 5.11. The molecule has 0 saturated carbocycles. The Hall–Kier alpha value is -1.13. The molecule has 18 heavy (non-hydrogen) atoms. The van der Waals surface area contributed by atoms with Gasteiger partial charge in [-0.3, -0.25) is 4.79 Å². The maximum atomic E-state index is 13.5. The standard InChI is InChI=1S/C13H18ClFN2O/c1-3-13(4-2,8-16)12(18)17-11-7-9(14)5-6-10(11)15/h5-7H,3-4,8,16H2,1-2H3,(H,17,18). The van der Waals surface area contributed by atoms with E-state index in [1.165, 1.54) is 18.2 Å². The van der Waals surface area contributed by atoms with Crippen LogP contribution in [0.5, 0.6) is 0 Å². The Morgan fingerprint density at radius 1 is 1.44 bits per heavy atom. The number of benzene rings is 1. The number of nitrogens with two attached hydrogens (primary N) is 1. The third-order valence-electron chi connectivity index (χ3n) is 3.40. The number of hydrogen-bond donors (Lipinski definition) is 2. The van der Waals surface area contributed by atoms with Crippen LogP contribution in [0.1, 0.15) is 26.7 Å². The number of carbonyl (C=O) groups is 1. The van der Waals surface area contributed by atoms with Crippen molar-refractivity contribution in [2.45, 2.75) is 26.7 Å². The van der Waals surface area contributed by atoms with Crippen molar-refractivity contribution in [3.8, 4) is 0 Å². The van der Waals surface area contributed by atoms with Gasteiger partial charge in [-0.2, -0.15) is 0 Å². The van der Waals surface area contributed by atoms with Crippen LogP contribution in [0.2, 0.25) is 5.02 Å². The highest BCUT2D eigenvalue weighted by Gasteiger charge is 2.33. The van der Waals surface area contributed by atoms with Gasteiger partial charge in [-0.1, -0.05) is 25.4 Å². The van der Waals surface area contributed by atoms with Crippen molar-refractivity contribution in [2.75, 3.05) is 11.9 Å². The Balaban J connectivity index is 2.96. The van der Waals surface area contributed by atoms with Crippen molar-refractivity contribution in [2.24, 2.45) is 11.1 Å². The van der Waals surface area contributed by atoms with E-state index in [2.05, 4.69) is 5.32 Å². The molecule has 0 saturated heterocycles. The molecule has 0 heterocycles. The highest BCUT2D eigenvalue weighted by atomic mass is 35.5. The van der Waals surface area contributed by atoms with Crippen LogP contribution in [0, 0.1) is 11.2 Å². The van der Waals surface area contributed by atoms with E-state index >= 15 is 0 Å². The smallest absolute Gasteiger partial charge is 0.231 e. The van der Waals surface area contributed by atoms with E-state index < -0.39 is 11.2 Å². The van der Waals surface area contributed by atoms with Crippen LogP contribution in [0.15, 0.2) is 18.2 Å². The molecule has 1 amide bonds. The Morgan fingerprint density at radius 2 is 2.06 bits per heavy atom. The molecule has 3 nitrogen and oxygen atoms in total. The zero-order valence-corrected chi connectivity index (χ0v) is 11.4. The topological polar surface area (TPSA) is 55.1 Å². The van der Waals surface area contributed by atoms with Crippen molar-refractivity contribution in [1.82, 2.24) is 0 Å². The predicted octanol–water partition coefficient (Wildman–Crippen LogP) is 3.18. The number of amides is 1. The summed E-state index contributed by atoms with van der Waals surface area (Å²) in [5.41, 5.74) is 5.10. The molecule has 0 aliphatic rings. The molecule has 1 aromatic rings. The summed E-state index contributed by atoms with van der Waals surface area (Å²) in [7, 11) is 0. The van der Waals surface area contributed by atoms with Gasteiger partial charge in [0.15, 0.2) is 0 Å². The fourth-order valence-corrected chi connectivity index (χ4v) is 1.97. The van der Waals surface area contributed by atoms with Crippen molar-refractivity contribution < 1.29 is 9.18 Å². The van der Waals surface area contributed by atoms with E-state index in [4.69, 9.17) is 17.3 Å². The van der Waals surface area contributed by atoms with Gasteiger partial charge in [0.05, 0.1) is 11.1 Å². The Bertz CT molecular complexity index is 425. The van der Waals surface area contributed by atoms with Gasteiger partial charge in [0.25, 0.3) is 0 Å². The van der Waals surface area contributed by atoms with Crippen LogP contribution in [0.25, 0.3) is 0 Å². The van der Waals surface area contributed by atoms with Gasteiger partial charge < -0.3 is 11.1 Å². The lowest BCUT2D eigenvalue weighted by Gasteiger charge is -2.28. The molecule has 100 valence electrons. The molecular weight excluding hydrogens is 255 g/mol. The third-order valence-corrected chi connectivity index (χ3v) is 3.64. The number of carbonyl (C=O) groups excluding carboxylic acids is 1. The van der Waals surface area contributed by atoms with Gasteiger partial charge in [-0.15, -0.1) is 0 Å². The quantitative estimate of drug-likeness (QED) is 0.865. The second-order valence-corrected chi connectivity index (χ2v) is 4.71. The molecule has 0 spiro atoms. The minimum absolute atomic E-state index is 0.0900. The van der Waals surface area contributed by atoms with Gasteiger partial charge in [0.2, 0.25) is 5.91 Å². The van der Waals surface area contributed by atoms with Crippen molar-refractivity contribution in [3.05, 3.63) is 29.0 Å². The molecule has 0 bridgehead atoms. The van der Waals surface area contributed by atoms with E-state index in [0.717, 1.165) is 0 Å². The lowest BCUT2D eigenvalue weighted by atomic mass is 9.81. The molecule has 0 aliphatic heterocycles. The molecular formula is C13H18ClFN2O. The summed E-state index contributed by atoms with van der Waals surface area (Å²) >= 11 is 5.77. The van der Waals surface area contributed by atoms with Crippen molar-refractivity contribution >= 4 is 23.2 Å². The van der Waals surface area contributed by atoms with E-state index in [1.807, 2.05) is 13.8 Å². The molecule has 0 fully saturated rings. The van der Waals surface area contributed by atoms with Crippen molar-refractivity contribution in [3.63, 3.8) is 0 Å². The molecule has 0 radical (unpaired) electrons. The highest BCUT2D eigenvalue weighted by molar-refractivity contribution is 6.30. The van der Waals surface area contributed by atoms with Gasteiger partial charge >= 0.3 is 0 Å². The predicted molar refractivity (Wildman–Crippen MR) is 72.1 cm³/mol. The van der Waals surface area contributed by atoms with Gasteiger partial charge in [-0.25, -0.2) is 4.39 Å². The Labute approximate surface area is 112 Å². The summed E-state index contributed by atoms with van der Waals surface area (Å²) in [6.07, 6.45) is 1.21. The molecule has 3 N–H and O–H groups in total. The summed E-state index contributed by atoms with van der Waals surface area (Å²) in [6.45, 7) is 4.02. The first-order chi connectivity index (χ1) is 8.49. The van der Waals surface area contributed by atoms with E-state index in [-0.39, 0.29) is 18.1 Å². The summed E-state index contributed by atoms with van der Waals surface area (Å²) in [5, 5.41) is 2.94. The number of nitrogens with one attached hydrogen (secondary N) is 1. The molecule has 0 aliphatic carbocycles. The highest BCUT2D eigenvalue weighted by Crippen LogP contribution is 2.28. The van der Waals surface area contributed by atoms with Gasteiger partial charge in [0.1, 0.15) is 5.82 Å². The first-order valence-electron chi connectivity index (χ1n) is 5.95. The van der Waals surface area contributed by atoms with E-state index in [9.17, 15) is 9.18 Å². The van der Waals surface area contributed by atoms with Crippen LogP contribution < -0.4 is 11.1 Å². The molecule has 0 aromatic heterocycles. The molecule has 0 atom stereocenters. The number of hydrogen-bond acceptors (Lipinski definition) is 2. The largest absolute Gasteiger partial charge is 0.329 e. The Morgan fingerprint density at radius 3 is 2.56 bits per heavy atom. The van der Waals surface area contributed by atoms with Crippen LogP contribution in [-0.4, -0.2) is 12.5 Å². The first kappa shape index (κ1) is 14.9. The fourth-order valence-electron chi connectivity index (χ4n) is 1.80. The van der Waals surface area contributed by atoms with E-state index in [0.29, 0.717) is 17.9 Å². The lowest BCUT2D eigenvalue weighted by Crippen LogP contribution is -2.41. The van der Waals surface area contributed by atoms with Gasteiger partial charge in [-0.05, 0) is 31.0 Å². The van der Waals surface area contributed by atoms with Crippen LogP contribution in [-0.2, 0) is 4.79 Å². The lowest BCUT2D eigenvalue weighted by molar-refractivity contribution is -0.125. The van der Waals surface area contributed by atoms with Crippen LogP contribution in [0.3, 0.4) is 0 Å². The zero-order valence-electron chi connectivity index (χ0n) is 10.6. The number of halogens is 2. The zero-order chi connectivity index (χ0) is 13.8. The van der Waals surface area contributed by atoms with E-state index in [1.54, 1.807) is 0 Å². The number of anilines is 1. The van der Waals surface area contributed by atoms with Crippen molar-refractivity contribution in [1.29, 1.82) is 0 Å². The minimum Gasteiger partial charge on any atom is -0.329 e. The maximum Gasteiger partial charge on any atom is 0.231 e. The average Bonchev–Trinajstić information content (AvgIpc) is 2.37. The monoisotopic (exact) mass is 272 g/mol. The molecule has 1 rings (SSSR count). The molecule has 0 unspecified atom stereocenters. The summed E-state index contributed by atoms with van der Waals surface area (Å²) in [5.74, 6) is -0.776. The van der Waals surface area contributed by atoms with Gasteiger partial charge in [0, 0.05) is 11.6 Å².